The van der Waals surface area contributed by atoms with Crippen molar-refractivity contribution >= 4 is 19.8 Å². The van der Waals surface area contributed by atoms with E-state index in [0.717, 1.165) is 38.5 Å². The second kappa shape index (κ2) is 33.6. The van der Waals surface area contributed by atoms with Crippen LogP contribution in [0, 0.1) is 0 Å². The van der Waals surface area contributed by atoms with Gasteiger partial charge in [-0.05, 0) is 51.4 Å². The molecule has 0 aromatic carbocycles. The van der Waals surface area contributed by atoms with Crippen LogP contribution in [0.15, 0.2) is 60.8 Å². The maximum atomic E-state index is 12.3. The van der Waals surface area contributed by atoms with Crippen molar-refractivity contribution in [1.29, 1.82) is 0 Å². The van der Waals surface area contributed by atoms with Crippen LogP contribution in [-0.4, -0.2) is 41.0 Å². The summed E-state index contributed by atoms with van der Waals surface area (Å²) in [5, 5.41) is 0. The number of rotatable bonds is 32. The minimum Gasteiger partial charge on any atom is -0.462 e. The number of carbonyl (C=O) groups excluding carboxylic acids is 2. The topological polar surface area (TPSA) is 119 Å². The first-order valence-corrected chi connectivity index (χ1v) is 19.6. The van der Waals surface area contributed by atoms with Gasteiger partial charge in [0.05, 0.1) is 6.61 Å². The Morgan fingerprint density at radius 3 is 1.51 bits per heavy atom. The third-order valence-corrected chi connectivity index (χ3v) is 7.79. The van der Waals surface area contributed by atoms with Gasteiger partial charge in [-0.25, -0.2) is 4.57 Å². The molecule has 0 saturated carbocycles. The molecule has 0 unspecified atom stereocenters. The molecule has 0 bridgehead atoms. The van der Waals surface area contributed by atoms with E-state index in [9.17, 15) is 14.2 Å². The Bertz CT molecular complexity index is 947. The normalized spacial score (nSPS) is 13.2. The Morgan fingerprint density at radius 1 is 0.553 bits per heavy atom. The lowest BCUT2D eigenvalue weighted by Gasteiger charge is -2.18. The Morgan fingerprint density at radius 2 is 1.00 bits per heavy atom. The average Bonchev–Trinajstić information content (AvgIpc) is 3.04. The van der Waals surface area contributed by atoms with E-state index in [1.165, 1.54) is 70.6 Å². The summed E-state index contributed by atoms with van der Waals surface area (Å²) in [5.41, 5.74) is 0. The van der Waals surface area contributed by atoms with Crippen molar-refractivity contribution < 1.29 is 37.9 Å². The number of phosphoric ester groups is 1. The van der Waals surface area contributed by atoms with Crippen LogP contribution in [-0.2, 0) is 28.2 Å². The lowest BCUT2D eigenvalue weighted by atomic mass is 10.1. The first-order chi connectivity index (χ1) is 22.8. The lowest BCUT2D eigenvalue weighted by Crippen LogP contribution is -2.29. The zero-order valence-corrected chi connectivity index (χ0v) is 30.3. The molecule has 0 aliphatic heterocycles. The third kappa shape index (κ3) is 36.4. The van der Waals surface area contributed by atoms with E-state index >= 15 is 0 Å². The largest absolute Gasteiger partial charge is 0.469 e. The highest BCUT2D eigenvalue weighted by Gasteiger charge is 2.22. The lowest BCUT2D eigenvalue weighted by molar-refractivity contribution is -0.161. The molecule has 1 atom stereocenters. The van der Waals surface area contributed by atoms with Crippen molar-refractivity contribution in [3.8, 4) is 0 Å². The number of carbonyl (C=O) groups is 2. The second-order valence-corrected chi connectivity index (χ2v) is 13.1. The van der Waals surface area contributed by atoms with Crippen LogP contribution >= 0.6 is 7.82 Å². The molecule has 270 valence electrons. The summed E-state index contributed by atoms with van der Waals surface area (Å²) in [7, 11) is -4.77. The molecule has 0 spiro atoms. The van der Waals surface area contributed by atoms with Gasteiger partial charge in [0.25, 0.3) is 0 Å². The van der Waals surface area contributed by atoms with Crippen molar-refractivity contribution in [3.63, 3.8) is 0 Å². The Hall–Kier alpha value is -2.25. The monoisotopic (exact) mass is 680 g/mol. The smallest absolute Gasteiger partial charge is 0.462 e. The number of ether oxygens (including phenoxy) is 2. The minimum absolute atomic E-state index is 0.0874. The maximum absolute atomic E-state index is 12.3. The van der Waals surface area contributed by atoms with E-state index in [4.69, 9.17) is 19.3 Å². The van der Waals surface area contributed by atoms with Crippen molar-refractivity contribution in [1.82, 2.24) is 0 Å². The molecule has 0 heterocycles. The Kier molecular flexibility index (Phi) is 32.0. The fraction of sp³-hybridized carbons (Fsp3) is 0.684. The molecule has 8 nitrogen and oxygen atoms in total. The van der Waals surface area contributed by atoms with Crippen molar-refractivity contribution in [3.05, 3.63) is 60.8 Å². The molecule has 47 heavy (non-hydrogen) atoms. The van der Waals surface area contributed by atoms with E-state index < -0.39 is 32.5 Å². The van der Waals surface area contributed by atoms with Gasteiger partial charge >= 0.3 is 19.8 Å². The molecule has 0 amide bonds. The van der Waals surface area contributed by atoms with Gasteiger partial charge in [-0.2, -0.15) is 0 Å². The first kappa shape index (κ1) is 44.8. The summed E-state index contributed by atoms with van der Waals surface area (Å²) in [6.45, 7) is 3.55. The third-order valence-electron chi connectivity index (χ3n) is 7.30. The quantitative estimate of drug-likeness (QED) is 0.0312. The number of esters is 2. The highest BCUT2D eigenvalue weighted by atomic mass is 31.2. The van der Waals surface area contributed by atoms with Gasteiger partial charge in [0, 0.05) is 12.8 Å². The minimum atomic E-state index is -4.77. The van der Waals surface area contributed by atoms with Gasteiger partial charge in [0.1, 0.15) is 6.61 Å². The van der Waals surface area contributed by atoms with Crippen molar-refractivity contribution in [2.45, 2.75) is 155 Å². The fourth-order valence-electron chi connectivity index (χ4n) is 4.59. The van der Waals surface area contributed by atoms with E-state index in [2.05, 4.69) is 67.0 Å². The second-order valence-electron chi connectivity index (χ2n) is 11.8. The number of hydrogen-bond donors (Lipinski definition) is 2. The van der Waals surface area contributed by atoms with E-state index in [0.29, 0.717) is 12.8 Å². The summed E-state index contributed by atoms with van der Waals surface area (Å²) in [6.07, 6.45) is 41.0. The van der Waals surface area contributed by atoms with Crippen LogP contribution in [0.2, 0.25) is 0 Å². The van der Waals surface area contributed by atoms with Crippen LogP contribution in [0.5, 0.6) is 0 Å². The summed E-state index contributed by atoms with van der Waals surface area (Å²) < 4.78 is 26.1. The van der Waals surface area contributed by atoms with E-state index in [1.54, 1.807) is 0 Å². The highest BCUT2D eigenvalue weighted by Crippen LogP contribution is 2.35. The van der Waals surface area contributed by atoms with Crippen LogP contribution in [0.25, 0.3) is 0 Å². The Labute approximate surface area is 286 Å². The van der Waals surface area contributed by atoms with Gasteiger partial charge < -0.3 is 19.3 Å². The molecule has 2 N–H and O–H groups in total. The summed E-state index contributed by atoms with van der Waals surface area (Å²) >= 11 is 0. The zero-order valence-electron chi connectivity index (χ0n) is 29.4. The van der Waals surface area contributed by atoms with Crippen LogP contribution in [0.1, 0.15) is 149 Å². The summed E-state index contributed by atoms with van der Waals surface area (Å²) in [5.74, 6) is -0.987. The summed E-state index contributed by atoms with van der Waals surface area (Å²) in [4.78, 5) is 42.5. The average molecular weight is 681 g/mol. The molecule has 0 radical (unpaired) electrons. The first-order valence-electron chi connectivity index (χ1n) is 18.1. The van der Waals surface area contributed by atoms with E-state index in [1.807, 2.05) is 12.2 Å². The number of unbranched alkanes of at least 4 members (excludes halogenated alkanes) is 12. The van der Waals surface area contributed by atoms with E-state index in [-0.39, 0.29) is 19.4 Å². The summed E-state index contributed by atoms with van der Waals surface area (Å²) in [6, 6.07) is 0. The molecule has 9 heteroatoms. The molecule has 0 aromatic rings. The Balaban J connectivity index is 4.14. The zero-order chi connectivity index (χ0) is 34.7. The number of hydrogen-bond acceptors (Lipinski definition) is 6. The van der Waals surface area contributed by atoms with Crippen molar-refractivity contribution in [2.24, 2.45) is 0 Å². The number of allylic oxidation sites excluding steroid dienone is 10. The number of phosphoric acid groups is 1. The van der Waals surface area contributed by atoms with Crippen LogP contribution < -0.4 is 0 Å². The molecule has 0 fully saturated rings. The van der Waals surface area contributed by atoms with Gasteiger partial charge in [-0.3, -0.25) is 14.1 Å². The van der Waals surface area contributed by atoms with Gasteiger partial charge in [0.2, 0.25) is 0 Å². The fourth-order valence-corrected chi connectivity index (χ4v) is 4.95. The van der Waals surface area contributed by atoms with Gasteiger partial charge in [-0.1, -0.05) is 145 Å². The molecular weight excluding hydrogens is 615 g/mol. The predicted molar refractivity (Wildman–Crippen MR) is 193 cm³/mol. The molecule has 0 aliphatic rings. The molecular formula is C38H65O8P. The molecule has 0 saturated heterocycles. The maximum Gasteiger partial charge on any atom is 0.469 e. The van der Waals surface area contributed by atoms with Gasteiger partial charge in [0.15, 0.2) is 6.10 Å². The van der Waals surface area contributed by atoms with Crippen LogP contribution in [0.4, 0.5) is 0 Å². The standard InChI is InChI=1S/C38H65O8P/c1-3-5-7-9-11-13-15-16-17-18-19-20-21-22-23-25-27-29-31-33-38(40)46-36(35-45-47(41,42)43)34-44-37(39)32-30-28-26-24-14-12-10-8-6-4-2/h11,13,16-17,19-20,22-23,27,29,36H,3-10,12,14-15,18,21,24-26,28,30-35H2,1-2H3,(H2,41,42,43)/b13-11+,17-16+,20-19+,23-22+,29-27+/t36-/m1/s1. The van der Waals surface area contributed by atoms with Gasteiger partial charge in [-0.15, -0.1) is 0 Å². The predicted octanol–water partition coefficient (Wildman–Crippen LogP) is 10.6. The highest BCUT2D eigenvalue weighted by molar-refractivity contribution is 7.46. The molecule has 0 aliphatic carbocycles. The molecule has 0 aromatic heterocycles. The van der Waals surface area contributed by atoms with Crippen LogP contribution in [0.3, 0.4) is 0 Å². The van der Waals surface area contributed by atoms with Crippen molar-refractivity contribution in [2.75, 3.05) is 13.2 Å². The molecule has 0 rings (SSSR count). The SMILES string of the molecule is CCCCC/C=C/C/C=C/C/C=C/C/C=C/C/C=C/CCC(=O)O[C@H](COC(=O)CCCCCCCCCCCC)COP(=O)(O)O.